The molecule has 1 aromatic rings. The predicted molar refractivity (Wildman–Crippen MR) is 86.9 cm³/mol. The molecule has 2 rings (SSSR count). The summed E-state index contributed by atoms with van der Waals surface area (Å²) in [6, 6.07) is 6.15. The van der Waals surface area contributed by atoms with E-state index in [0.717, 1.165) is 16.8 Å². The molecule has 1 fully saturated rings. The second kappa shape index (κ2) is 7.92. The summed E-state index contributed by atoms with van der Waals surface area (Å²) in [4.78, 5) is 0. The van der Waals surface area contributed by atoms with Gasteiger partial charge in [-0.25, -0.2) is 0 Å². The van der Waals surface area contributed by atoms with Crippen LogP contribution in [0.5, 0.6) is 11.5 Å². The Morgan fingerprint density at radius 2 is 2.00 bits per heavy atom. The molecule has 0 bridgehead atoms. The first-order valence-electron chi connectivity index (χ1n) is 7.77. The first kappa shape index (κ1) is 15.7. The van der Waals surface area contributed by atoms with Crippen LogP contribution in [-0.4, -0.2) is 12.7 Å². The molecule has 0 heterocycles. The number of ether oxygens (including phenoxy) is 2. The summed E-state index contributed by atoms with van der Waals surface area (Å²) < 4.78 is 12.2. The number of hydrogen-bond acceptors (Lipinski definition) is 2. The molecule has 0 aromatic heterocycles. The molecule has 0 saturated heterocycles. The third-order valence-electron chi connectivity index (χ3n) is 4.14. The van der Waals surface area contributed by atoms with Gasteiger partial charge >= 0.3 is 0 Å². The van der Waals surface area contributed by atoms with Crippen LogP contribution in [0.2, 0.25) is 0 Å². The lowest BCUT2D eigenvalue weighted by molar-refractivity contribution is 0.0858. The predicted octanol–water partition coefficient (Wildman–Crippen LogP) is 5.33. The average molecular weight is 341 g/mol. The lowest BCUT2D eigenvalue weighted by Crippen LogP contribution is -2.30. The first-order valence-corrected chi connectivity index (χ1v) is 8.89. The van der Waals surface area contributed by atoms with Crippen molar-refractivity contribution in [3.8, 4) is 11.5 Å². The van der Waals surface area contributed by atoms with Gasteiger partial charge in [0.1, 0.15) is 6.10 Å². The minimum Gasteiger partial charge on any atom is -0.490 e. The maximum atomic E-state index is 6.41. The molecule has 1 aromatic carbocycles. The molecule has 112 valence electrons. The zero-order chi connectivity index (χ0) is 14.4. The standard InChI is InChI=1S/C17H25BrO2/c1-3-13-8-5-6-10-15(13)20-17-14(12-18)9-7-11-16(17)19-4-2/h7,9,11,13,15H,3-6,8,10,12H2,1-2H3. The molecule has 1 aliphatic rings. The van der Waals surface area contributed by atoms with Crippen LogP contribution in [0.25, 0.3) is 0 Å². The van der Waals surface area contributed by atoms with E-state index in [0.29, 0.717) is 18.6 Å². The van der Waals surface area contributed by atoms with Gasteiger partial charge in [-0.2, -0.15) is 0 Å². The van der Waals surface area contributed by atoms with Gasteiger partial charge in [0.05, 0.1) is 6.61 Å². The van der Waals surface area contributed by atoms with Crippen LogP contribution in [0.15, 0.2) is 18.2 Å². The average Bonchev–Trinajstić information content (AvgIpc) is 2.49. The highest BCUT2D eigenvalue weighted by molar-refractivity contribution is 9.08. The first-order chi connectivity index (χ1) is 9.80. The highest BCUT2D eigenvalue weighted by Crippen LogP contribution is 2.37. The van der Waals surface area contributed by atoms with E-state index in [1.165, 1.54) is 37.7 Å². The van der Waals surface area contributed by atoms with Crippen LogP contribution in [0.4, 0.5) is 0 Å². The smallest absolute Gasteiger partial charge is 0.165 e. The van der Waals surface area contributed by atoms with Gasteiger partial charge in [0.2, 0.25) is 0 Å². The summed E-state index contributed by atoms with van der Waals surface area (Å²) in [5, 5.41) is 0.798. The Kier molecular flexibility index (Phi) is 6.21. The van der Waals surface area contributed by atoms with Crippen molar-refractivity contribution < 1.29 is 9.47 Å². The second-order valence-corrected chi connectivity index (χ2v) is 5.98. The Hall–Kier alpha value is -0.700. The molecule has 0 N–H and O–H groups in total. The number of rotatable bonds is 6. The zero-order valence-corrected chi connectivity index (χ0v) is 14.1. The van der Waals surface area contributed by atoms with Gasteiger partial charge in [-0.1, -0.05) is 41.4 Å². The van der Waals surface area contributed by atoms with Crippen LogP contribution in [-0.2, 0) is 5.33 Å². The van der Waals surface area contributed by atoms with Crippen LogP contribution in [0, 0.1) is 5.92 Å². The monoisotopic (exact) mass is 340 g/mol. The van der Waals surface area contributed by atoms with E-state index in [9.17, 15) is 0 Å². The van der Waals surface area contributed by atoms with Crippen LogP contribution in [0.1, 0.15) is 51.5 Å². The van der Waals surface area contributed by atoms with Gasteiger partial charge in [-0.3, -0.25) is 0 Å². The summed E-state index contributed by atoms with van der Waals surface area (Å²) in [5.41, 5.74) is 1.18. The minimum absolute atomic E-state index is 0.341. The Labute approximate surface area is 131 Å². The molecule has 3 heteroatoms. The van der Waals surface area contributed by atoms with E-state index in [4.69, 9.17) is 9.47 Å². The quantitative estimate of drug-likeness (QED) is 0.651. The third-order valence-corrected chi connectivity index (χ3v) is 4.74. The largest absolute Gasteiger partial charge is 0.490 e. The molecule has 20 heavy (non-hydrogen) atoms. The third kappa shape index (κ3) is 3.69. The van der Waals surface area contributed by atoms with Crippen molar-refractivity contribution in [1.29, 1.82) is 0 Å². The van der Waals surface area contributed by atoms with E-state index >= 15 is 0 Å². The number of benzene rings is 1. The maximum Gasteiger partial charge on any atom is 0.165 e. The molecule has 0 radical (unpaired) electrons. The zero-order valence-electron chi connectivity index (χ0n) is 12.5. The van der Waals surface area contributed by atoms with Gasteiger partial charge in [0.25, 0.3) is 0 Å². The molecular weight excluding hydrogens is 316 g/mol. The van der Waals surface area contributed by atoms with Crippen molar-refractivity contribution in [3.63, 3.8) is 0 Å². The van der Waals surface area contributed by atoms with Gasteiger partial charge < -0.3 is 9.47 Å². The van der Waals surface area contributed by atoms with Gasteiger partial charge in [0.15, 0.2) is 11.5 Å². The van der Waals surface area contributed by atoms with E-state index in [-0.39, 0.29) is 0 Å². The van der Waals surface area contributed by atoms with E-state index in [1.807, 2.05) is 19.1 Å². The van der Waals surface area contributed by atoms with Gasteiger partial charge in [0, 0.05) is 10.9 Å². The van der Waals surface area contributed by atoms with E-state index in [1.54, 1.807) is 0 Å². The Balaban J connectivity index is 2.21. The summed E-state index contributed by atoms with van der Waals surface area (Å²) in [6.45, 7) is 4.95. The SMILES string of the molecule is CCOc1cccc(CBr)c1OC1CCCCC1CC. The topological polar surface area (TPSA) is 18.5 Å². The van der Waals surface area contributed by atoms with Crippen molar-refractivity contribution in [3.05, 3.63) is 23.8 Å². The van der Waals surface area contributed by atoms with Crippen molar-refractivity contribution in [2.24, 2.45) is 5.92 Å². The molecule has 1 saturated carbocycles. The number of alkyl halides is 1. The maximum absolute atomic E-state index is 6.41. The lowest BCUT2D eigenvalue weighted by Gasteiger charge is -2.32. The highest BCUT2D eigenvalue weighted by atomic mass is 79.9. The van der Waals surface area contributed by atoms with Gasteiger partial charge in [-0.05, 0) is 44.6 Å². The summed E-state index contributed by atoms with van der Waals surface area (Å²) in [6.07, 6.45) is 6.62. The number of halogens is 1. The van der Waals surface area contributed by atoms with Crippen molar-refractivity contribution in [2.75, 3.05) is 6.61 Å². The fraction of sp³-hybridized carbons (Fsp3) is 0.647. The highest BCUT2D eigenvalue weighted by Gasteiger charge is 2.27. The van der Waals surface area contributed by atoms with Crippen LogP contribution in [0.3, 0.4) is 0 Å². The molecular formula is C17H25BrO2. The molecule has 1 aliphatic carbocycles. The number of hydrogen-bond donors (Lipinski definition) is 0. The summed E-state index contributed by atoms with van der Waals surface area (Å²) >= 11 is 3.56. The normalized spacial score (nSPS) is 22.6. The van der Waals surface area contributed by atoms with Crippen LogP contribution < -0.4 is 9.47 Å². The second-order valence-electron chi connectivity index (χ2n) is 5.42. The fourth-order valence-corrected chi connectivity index (χ4v) is 3.46. The van der Waals surface area contributed by atoms with E-state index < -0.39 is 0 Å². The lowest BCUT2D eigenvalue weighted by atomic mass is 9.84. The number of para-hydroxylation sites is 1. The summed E-state index contributed by atoms with van der Waals surface area (Å²) in [5.74, 6) is 2.50. The molecule has 0 aliphatic heterocycles. The van der Waals surface area contributed by atoms with Crippen molar-refractivity contribution in [2.45, 2.75) is 57.4 Å². The van der Waals surface area contributed by atoms with Crippen molar-refractivity contribution in [1.82, 2.24) is 0 Å². The molecule has 0 amide bonds. The van der Waals surface area contributed by atoms with Crippen molar-refractivity contribution >= 4 is 15.9 Å². The van der Waals surface area contributed by atoms with Crippen LogP contribution >= 0.6 is 15.9 Å². The Bertz CT molecular complexity index is 419. The molecule has 2 atom stereocenters. The molecule has 0 spiro atoms. The summed E-state index contributed by atoms with van der Waals surface area (Å²) in [7, 11) is 0. The Morgan fingerprint density at radius 1 is 1.20 bits per heavy atom. The van der Waals surface area contributed by atoms with E-state index in [2.05, 4.69) is 28.9 Å². The van der Waals surface area contributed by atoms with Gasteiger partial charge in [-0.15, -0.1) is 0 Å². The fourth-order valence-electron chi connectivity index (χ4n) is 3.02. The molecule has 2 nitrogen and oxygen atoms in total. The Morgan fingerprint density at radius 3 is 2.70 bits per heavy atom. The molecule has 2 unspecified atom stereocenters. The minimum atomic E-state index is 0.341.